The van der Waals surface area contributed by atoms with Gasteiger partial charge in [0, 0.05) is 26.0 Å². The van der Waals surface area contributed by atoms with E-state index in [-0.39, 0.29) is 11.9 Å². The standard InChI is InChI=1S/C17H19ClN6O2/c1-23-10-11(8-20-23)16-21-15(22-26-16)14-5-3-2-4-6-24(14)17(25)13-7-12(18)9-19-13/h7-10,14,19H,2-6H2,1H3/t14-/m1/s1. The summed E-state index contributed by atoms with van der Waals surface area (Å²) in [5.41, 5.74) is 1.23. The Kier molecular flexibility index (Phi) is 4.50. The topological polar surface area (TPSA) is 92.8 Å². The molecule has 3 aromatic heterocycles. The number of amides is 1. The molecule has 1 saturated heterocycles. The zero-order valence-electron chi connectivity index (χ0n) is 14.4. The SMILES string of the molecule is Cn1cc(-c2nc([C@H]3CCCCCN3C(=O)c3cc(Cl)c[nH]3)no2)cn1. The molecule has 9 heteroatoms. The van der Waals surface area contributed by atoms with Gasteiger partial charge in [0.2, 0.25) is 0 Å². The van der Waals surface area contributed by atoms with Crippen molar-refractivity contribution in [3.05, 3.63) is 41.2 Å². The molecule has 26 heavy (non-hydrogen) atoms. The van der Waals surface area contributed by atoms with Crippen LogP contribution in [0.1, 0.15) is 48.0 Å². The van der Waals surface area contributed by atoms with E-state index in [9.17, 15) is 4.79 Å². The number of nitrogens with zero attached hydrogens (tertiary/aromatic N) is 5. The van der Waals surface area contributed by atoms with Crippen molar-refractivity contribution in [1.82, 2.24) is 29.8 Å². The van der Waals surface area contributed by atoms with Crippen molar-refractivity contribution in [2.45, 2.75) is 31.7 Å². The van der Waals surface area contributed by atoms with E-state index in [1.54, 1.807) is 23.1 Å². The second kappa shape index (κ2) is 6.95. The van der Waals surface area contributed by atoms with Gasteiger partial charge in [-0.3, -0.25) is 9.48 Å². The van der Waals surface area contributed by atoms with Crippen LogP contribution in [-0.4, -0.2) is 42.3 Å². The molecule has 0 spiro atoms. The highest BCUT2D eigenvalue weighted by Crippen LogP contribution is 2.31. The van der Waals surface area contributed by atoms with Gasteiger partial charge in [0.15, 0.2) is 5.82 Å². The molecule has 4 rings (SSSR count). The molecule has 0 aromatic carbocycles. The Labute approximate surface area is 155 Å². The lowest BCUT2D eigenvalue weighted by molar-refractivity contribution is 0.0665. The first-order valence-corrected chi connectivity index (χ1v) is 8.97. The van der Waals surface area contributed by atoms with Gasteiger partial charge in [0.25, 0.3) is 11.8 Å². The monoisotopic (exact) mass is 374 g/mol. The van der Waals surface area contributed by atoms with Gasteiger partial charge >= 0.3 is 0 Å². The fourth-order valence-electron chi connectivity index (χ4n) is 3.29. The number of halogens is 1. The molecule has 1 aliphatic heterocycles. The van der Waals surface area contributed by atoms with Crippen LogP contribution in [0, 0.1) is 0 Å². The maximum Gasteiger partial charge on any atom is 0.270 e. The first-order chi connectivity index (χ1) is 12.6. The highest BCUT2D eigenvalue weighted by atomic mass is 35.5. The molecule has 0 saturated carbocycles. The number of rotatable bonds is 3. The number of hydrogen-bond donors (Lipinski definition) is 1. The fraction of sp³-hybridized carbons (Fsp3) is 0.412. The summed E-state index contributed by atoms with van der Waals surface area (Å²) in [6.07, 6.45) is 8.92. The number of nitrogens with one attached hydrogen (secondary N) is 1. The normalized spacial score (nSPS) is 18.1. The lowest BCUT2D eigenvalue weighted by Gasteiger charge is -2.27. The van der Waals surface area contributed by atoms with Crippen LogP contribution >= 0.6 is 11.6 Å². The summed E-state index contributed by atoms with van der Waals surface area (Å²) in [7, 11) is 1.83. The maximum absolute atomic E-state index is 13.0. The van der Waals surface area contributed by atoms with Crippen LogP contribution in [0.2, 0.25) is 5.02 Å². The van der Waals surface area contributed by atoms with Crippen molar-refractivity contribution in [3.63, 3.8) is 0 Å². The van der Waals surface area contributed by atoms with Crippen LogP contribution in [0.4, 0.5) is 0 Å². The van der Waals surface area contributed by atoms with Crippen molar-refractivity contribution in [2.75, 3.05) is 6.54 Å². The van der Waals surface area contributed by atoms with Crippen LogP contribution in [0.15, 0.2) is 29.2 Å². The highest BCUT2D eigenvalue weighted by molar-refractivity contribution is 6.30. The Morgan fingerprint density at radius 1 is 1.38 bits per heavy atom. The zero-order valence-corrected chi connectivity index (χ0v) is 15.1. The van der Waals surface area contributed by atoms with Gasteiger partial charge in [-0.2, -0.15) is 10.1 Å². The fourth-order valence-corrected chi connectivity index (χ4v) is 3.45. The number of hydrogen-bond acceptors (Lipinski definition) is 5. The Balaban J connectivity index is 1.63. The number of carbonyl (C=O) groups excluding carboxylic acids is 1. The minimum Gasteiger partial charge on any atom is -0.356 e. The third-order valence-corrected chi connectivity index (χ3v) is 4.80. The maximum atomic E-state index is 13.0. The molecule has 3 aromatic rings. The molecule has 1 amide bonds. The molecule has 0 aliphatic carbocycles. The molecule has 1 aliphatic rings. The highest BCUT2D eigenvalue weighted by Gasteiger charge is 2.31. The van der Waals surface area contributed by atoms with Crippen molar-refractivity contribution in [2.24, 2.45) is 7.05 Å². The van der Waals surface area contributed by atoms with E-state index in [1.807, 2.05) is 18.1 Å². The van der Waals surface area contributed by atoms with Gasteiger partial charge in [0.05, 0.1) is 22.8 Å². The first kappa shape index (κ1) is 16.8. The summed E-state index contributed by atoms with van der Waals surface area (Å²) in [5, 5.41) is 8.78. The minimum absolute atomic E-state index is 0.100. The molecule has 4 heterocycles. The van der Waals surface area contributed by atoms with Crippen molar-refractivity contribution >= 4 is 17.5 Å². The predicted octanol–water partition coefficient (Wildman–Crippen LogP) is 3.21. The average molecular weight is 375 g/mol. The van der Waals surface area contributed by atoms with Crippen LogP contribution in [-0.2, 0) is 7.05 Å². The lowest BCUT2D eigenvalue weighted by Crippen LogP contribution is -2.35. The van der Waals surface area contributed by atoms with E-state index >= 15 is 0 Å². The molecule has 0 unspecified atom stereocenters. The Morgan fingerprint density at radius 2 is 2.27 bits per heavy atom. The third-order valence-electron chi connectivity index (χ3n) is 4.58. The van der Waals surface area contributed by atoms with Crippen molar-refractivity contribution in [1.29, 1.82) is 0 Å². The van der Waals surface area contributed by atoms with Gasteiger partial charge < -0.3 is 14.4 Å². The van der Waals surface area contributed by atoms with Crippen LogP contribution < -0.4 is 0 Å². The van der Waals surface area contributed by atoms with Gasteiger partial charge in [-0.15, -0.1) is 0 Å². The second-order valence-corrected chi connectivity index (χ2v) is 6.89. The van der Waals surface area contributed by atoms with E-state index in [2.05, 4.69) is 20.2 Å². The van der Waals surface area contributed by atoms with Gasteiger partial charge in [0.1, 0.15) is 5.69 Å². The molecule has 1 fully saturated rings. The van der Waals surface area contributed by atoms with Gasteiger partial charge in [-0.25, -0.2) is 0 Å². The average Bonchev–Trinajstić information content (AvgIpc) is 3.33. The summed E-state index contributed by atoms with van der Waals surface area (Å²) in [4.78, 5) is 22.2. The quantitative estimate of drug-likeness (QED) is 0.759. The Hall–Kier alpha value is -2.61. The predicted molar refractivity (Wildman–Crippen MR) is 94.5 cm³/mol. The summed E-state index contributed by atoms with van der Waals surface area (Å²) >= 11 is 5.95. The van der Waals surface area contributed by atoms with Crippen LogP contribution in [0.3, 0.4) is 0 Å². The number of carbonyl (C=O) groups is 1. The number of aryl methyl sites for hydroxylation is 1. The molecule has 1 atom stereocenters. The molecule has 1 N–H and O–H groups in total. The smallest absolute Gasteiger partial charge is 0.270 e. The van der Waals surface area contributed by atoms with Crippen LogP contribution in [0.25, 0.3) is 11.5 Å². The minimum atomic E-state index is -0.221. The Bertz CT molecular complexity index is 914. The van der Waals surface area contributed by atoms with Gasteiger partial charge in [-0.1, -0.05) is 29.6 Å². The van der Waals surface area contributed by atoms with Gasteiger partial charge in [-0.05, 0) is 18.9 Å². The lowest BCUT2D eigenvalue weighted by atomic mass is 10.1. The summed E-state index contributed by atoms with van der Waals surface area (Å²) in [6.45, 7) is 0.650. The van der Waals surface area contributed by atoms with Crippen LogP contribution in [0.5, 0.6) is 0 Å². The van der Waals surface area contributed by atoms with E-state index in [0.29, 0.717) is 29.0 Å². The summed E-state index contributed by atoms with van der Waals surface area (Å²) < 4.78 is 7.09. The molecular weight excluding hydrogens is 356 g/mol. The van der Waals surface area contributed by atoms with Crippen molar-refractivity contribution < 1.29 is 9.32 Å². The second-order valence-electron chi connectivity index (χ2n) is 6.46. The van der Waals surface area contributed by atoms with E-state index in [4.69, 9.17) is 16.1 Å². The van der Waals surface area contributed by atoms with E-state index < -0.39 is 0 Å². The molecule has 136 valence electrons. The summed E-state index contributed by atoms with van der Waals surface area (Å²) in [6, 6.07) is 1.42. The summed E-state index contributed by atoms with van der Waals surface area (Å²) in [5.74, 6) is 0.834. The number of aromatic amines is 1. The molecule has 8 nitrogen and oxygen atoms in total. The largest absolute Gasteiger partial charge is 0.356 e. The zero-order chi connectivity index (χ0) is 18.1. The first-order valence-electron chi connectivity index (χ1n) is 8.59. The molecule has 0 radical (unpaired) electrons. The third kappa shape index (κ3) is 3.24. The number of H-pyrrole nitrogens is 1. The molecule has 0 bridgehead atoms. The van der Waals surface area contributed by atoms with E-state index in [0.717, 1.165) is 31.2 Å². The van der Waals surface area contributed by atoms with Crippen molar-refractivity contribution in [3.8, 4) is 11.5 Å². The number of likely N-dealkylation sites (tertiary alicyclic amines) is 1. The van der Waals surface area contributed by atoms with E-state index in [1.165, 1.54) is 0 Å². The number of aromatic nitrogens is 5. The molecular formula is C17H19ClN6O2. The Morgan fingerprint density at radius 3 is 3.00 bits per heavy atom.